The van der Waals surface area contributed by atoms with Gasteiger partial charge >= 0.3 is 0 Å². The van der Waals surface area contributed by atoms with Crippen molar-refractivity contribution in [3.63, 3.8) is 0 Å². The lowest BCUT2D eigenvalue weighted by Crippen LogP contribution is -2.48. The van der Waals surface area contributed by atoms with E-state index in [1.807, 2.05) is 0 Å². The second kappa shape index (κ2) is 6.45. The maximum Gasteiger partial charge on any atom is 0.220 e. The summed E-state index contributed by atoms with van der Waals surface area (Å²) < 4.78 is 0. The third kappa shape index (κ3) is 5.71. The summed E-state index contributed by atoms with van der Waals surface area (Å²) in [4.78, 5) is 11.7. The third-order valence-corrected chi connectivity index (χ3v) is 2.82. The molecule has 0 radical (unpaired) electrons. The lowest BCUT2D eigenvalue weighted by molar-refractivity contribution is -0.124. The van der Waals surface area contributed by atoms with Crippen molar-refractivity contribution < 1.29 is 4.79 Å². The molecule has 3 nitrogen and oxygen atoms in total. The van der Waals surface area contributed by atoms with E-state index in [0.29, 0.717) is 18.4 Å². The molecule has 96 valence electrons. The van der Waals surface area contributed by atoms with Gasteiger partial charge in [-0.1, -0.05) is 27.7 Å². The minimum atomic E-state index is 0. The quantitative estimate of drug-likeness (QED) is 0.785. The van der Waals surface area contributed by atoms with Crippen LogP contribution >= 0.6 is 12.4 Å². The molecule has 2 unspecified atom stereocenters. The van der Waals surface area contributed by atoms with Gasteiger partial charge in [0.25, 0.3) is 0 Å². The fraction of sp³-hybridized carbons (Fsp3) is 0.917. The largest absolute Gasteiger partial charge is 0.353 e. The highest BCUT2D eigenvalue weighted by atomic mass is 35.5. The molecule has 1 saturated heterocycles. The van der Waals surface area contributed by atoms with Crippen molar-refractivity contribution in [3.8, 4) is 0 Å². The highest BCUT2D eigenvalue weighted by molar-refractivity contribution is 5.85. The van der Waals surface area contributed by atoms with Gasteiger partial charge in [-0.05, 0) is 30.8 Å². The van der Waals surface area contributed by atoms with Crippen molar-refractivity contribution >= 4 is 18.3 Å². The summed E-state index contributed by atoms with van der Waals surface area (Å²) in [5, 5.41) is 6.48. The monoisotopic (exact) mass is 248 g/mol. The molecular weight excluding hydrogens is 224 g/mol. The lowest BCUT2D eigenvalue weighted by atomic mass is 9.90. The molecule has 1 rings (SSSR count). The standard InChI is InChI=1S/C12H24N2O.ClH/c1-9-8-13-6-5-10(9)14-11(15)7-12(2,3)4;/h9-10,13H,5-8H2,1-4H3,(H,14,15);1H. The summed E-state index contributed by atoms with van der Waals surface area (Å²) in [5.41, 5.74) is 0.0836. The van der Waals surface area contributed by atoms with Gasteiger partial charge in [0.1, 0.15) is 0 Å². The first-order valence-electron chi connectivity index (χ1n) is 5.88. The molecule has 4 heteroatoms. The molecule has 0 bridgehead atoms. The Morgan fingerprint density at radius 3 is 2.56 bits per heavy atom. The van der Waals surface area contributed by atoms with E-state index in [9.17, 15) is 4.79 Å². The van der Waals surface area contributed by atoms with Crippen molar-refractivity contribution in [1.82, 2.24) is 10.6 Å². The zero-order chi connectivity index (χ0) is 11.5. The molecule has 0 aromatic heterocycles. The number of nitrogens with one attached hydrogen (secondary N) is 2. The molecule has 1 aliphatic heterocycles. The number of piperidine rings is 1. The summed E-state index contributed by atoms with van der Waals surface area (Å²) in [6.07, 6.45) is 1.67. The average molecular weight is 249 g/mol. The highest BCUT2D eigenvalue weighted by Gasteiger charge is 2.24. The minimum Gasteiger partial charge on any atom is -0.353 e. The average Bonchev–Trinajstić information content (AvgIpc) is 2.05. The molecule has 0 aromatic rings. The van der Waals surface area contributed by atoms with Crippen molar-refractivity contribution in [2.24, 2.45) is 11.3 Å². The first-order chi connectivity index (χ1) is 6.88. The van der Waals surface area contributed by atoms with Crippen LogP contribution in [-0.2, 0) is 4.79 Å². The molecular formula is C12H25ClN2O. The van der Waals surface area contributed by atoms with Crippen LogP contribution in [0.5, 0.6) is 0 Å². The first kappa shape index (κ1) is 15.7. The number of hydrogen-bond acceptors (Lipinski definition) is 2. The van der Waals surface area contributed by atoms with E-state index in [4.69, 9.17) is 0 Å². The molecule has 2 N–H and O–H groups in total. The fourth-order valence-corrected chi connectivity index (χ4v) is 1.97. The van der Waals surface area contributed by atoms with E-state index in [2.05, 4.69) is 38.3 Å². The SMILES string of the molecule is CC1CNCCC1NC(=O)CC(C)(C)C.Cl. The maximum absolute atomic E-state index is 11.7. The number of halogens is 1. The molecule has 0 saturated carbocycles. The van der Waals surface area contributed by atoms with Crippen LogP contribution in [0, 0.1) is 11.3 Å². The van der Waals surface area contributed by atoms with Gasteiger partial charge in [-0.15, -0.1) is 12.4 Å². The van der Waals surface area contributed by atoms with E-state index in [0.717, 1.165) is 19.5 Å². The van der Waals surface area contributed by atoms with Crippen LogP contribution in [0.15, 0.2) is 0 Å². The van der Waals surface area contributed by atoms with E-state index < -0.39 is 0 Å². The van der Waals surface area contributed by atoms with Gasteiger partial charge in [-0.3, -0.25) is 4.79 Å². The van der Waals surface area contributed by atoms with Crippen LogP contribution in [0.4, 0.5) is 0 Å². The second-order valence-corrected chi connectivity index (χ2v) is 5.88. The van der Waals surface area contributed by atoms with Crippen molar-refractivity contribution in [2.75, 3.05) is 13.1 Å². The Balaban J connectivity index is 0.00000225. The van der Waals surface area contributed by atoms with Crippen LogP contribution in [0.2, 0.25) is 0 Å². The Morgan fingerprint density at radius 2 is 2.06 bits per heavy atom. The van der Waals surface area contributed by atoms with E-state index in [1.165, 1.54) is 0 Å². The summed E-state index contributed by atoms with van der Waals surface area (Å²) >= 11 is 0. The zero-order valence-electron chi connectivity index (χ0n) is 10.8. The molecule has 0 spiro atoms. The Bertz CT molecular complexity index is 226. The molecule has 16 heavy (non-hydrogen) atoms. The molecule has 0 aromatic carbocycles. The van der Waals surface area contributed by atoms with Gasteiger partial charge in [-0.25, -0.2) is 0 Å². The maximum atomic E-state index is 11.7. The molecule has 1 heterocycles. The number of carbonyl (C=O) groups is 1. The van der Waals surface area contributed by atoms with E-state index in [1.54, 1.807) is 0 Å². The topological polar surface area (TPSA) is 41.1 Å². The summed E-state index contributed by atoms with van der Waals surface area (Å²) in [6.45, 7) is 10.5. The van der Waals surface area contributed by atoms with E-state index >= 15 is 0 Å². The predicted octanol–water partition coefficient (Wildman–Crippen LogP) is 1.96. The second-order valence-electron chi connectivity index (χ2n) is 5.88. The molecule has 1 aliphatic rings. The number of rotatable bonds is 2. The van der Waals surface area contributed by atoms with Gasteiger partial charge in [0.05, 0.1) is 0 Å². The third-order valence-electron chi connectivity index (χ3n) is 2.82. The summed E-state index contributed by atoms with van der Waals surface area (Å²) in [6, 6.07) is 0.362. The van der Waals surface area contributed by atoms with Crippen LogP contribution < -0.4 is 10.6 Å². The molecule has 2 atom stereocenters. The Morgan fingerprint density at radius 1 is 1.44 bits per heavy atom. The van der Waals surface area contributed by atoms with Gasteiger partial charge in [-0.2, -0.15) is 0 Å². The van der Waals surface area contributed by atoms with Crippen molar-refractivity contribution in [3.05, 3.63) is 0 Å². The van der Waals surface area contributed by atoms with Gasteiger partial charge in [0, 0.05) is 12.5 Å². The number of carbonyl (C=O) groups excluding carboxylic acids is 1. The highest BCUT2D eigenvalue weighted by Crippen LogP contribution is 2.19. The van der Waals surface area contributed by atoms with Crippen LogP contribution in [0.1, 0.15) is 40.5 Å². The Labute approximate surface area is 105 Å². The minimum absolute atomic E-state index is 0. The number of amides is 1. The van der Waals surface area contributed by atoms with Crippen LogP contribution in [-0.4, -0.2) is 25.0 Å². The Kier molecular flexibility index (Phi) is 6.34. The van der Waals surface area contributed by atoms with E-state index in [-0.39, 0.29) is 23.7 Å². The predicted molar refractivity (Wildman–Crippen MR) is 69.9 cm³/mol. The molecule has 1 fully saturated rings. The zero-order valence-corrected chi connectivity index (χ0v) is 11.6. The summed E-state index contributed by atoms with van der Waals surface area (Å²) in [7, 11) is 0. The first-order valence-corrected chi connectivity index (χ1v) is 5.88. The molecule has 1 amide bonds. The van der Waals surface area contributed by atoms with Crippen LogP contribution in [0.3, 0.4) is 0 Å². The molecule has 0 aliphatic carbocycles. The lowest BCUT2D eigenvalue weighted by Gasteiger charge is -2.31. The van der Waals surface area contributed by atoms with Crippen molar-refractivity contribution in [2.45, 2.75) is 46.6 Å². The summed E-state index contributed by atoms with van der Waals surface area (Å²) in [5.74, 6) is 0.740. The Hall–Kier alpha value is -0.280. The normalized spacial score (nSPS) is 25.8. The van der Waals surface area contributed by atoms with Gasteiger partial charge in [0.2, 0.25) is 5.91 Å². The number of hydrogen-bond donors (Lipinski definition) is 2. The van der Waals surface area contributed by atoms with Crippen molar-refractivity contribution in [1.29, 1.82) is 0 Å². The van der Waals surface area contributed by atoms with Gasteiger partial charge < -0.3 is 10.6 Å². The fourth-order valence-electron chi connectivity index (χ4n) is 1.97. The van der Waals surface area contributed by atoms with Crippen LogP contribution in [0.25, 0.3) is 0 Å². The van der Waals surface area contributed by atoms with Gasteiger partial charge in [0.15, 0.2) is 0 Å². The smallest absolute Gasteiger partial charge is 0.220 e.